The number of nitrogens with one attached hydrogen (secondary N) is 2. The number of H-pyrrole nitrogens is 2. The smallest absolute Gasteiger partial charge is 0.114 e. The van der Waals surface area contributed by atoms with Crippen molar-refractivity contribution in [2.75, 3.05) is 0 Å². The fourth-order valence-corrected chi connectivity index (χ4v) is 4.67. The van der Waals surface area contributed by atoms with Crippen LogP contribution in [0.4, 0.5) is 0 Å². The van der Waals surface area contributed by atoms with Crippen LogP contribution in [0.15, 0.2) is 30.3 Å². The van der Waals surface area contributed by atoms with Gasteiger partial charge in [0.25, 0.3) is 0 Å². The normalized spacial score (nSPS) is 13.8. The monoisotopic (exact) mass is 370 g/mol. The molecule has 0 saturated carbocycles. The number of rotatable bonds is 3. The van der Waals surface area contributed by atoms with Gasteiger partial charge in [-0.2, -0.15) is 5.10 Å². The SMILES string of the molecule is CCc1[nH]nc(-c2nc(-c3[nH]c(C)c4c3CCCC4)cc3ccccc23)c1C. The van der Waals surface area contributed by atoms with Crippen molar-refractivity contribution in [1.29, 1.82) is 0 Å². The summed E-state index contributed by atoms with van der Waals surface area (Å²) in [7, 11) is 0. The number of aromatic nitrogens is 4. The van der Waals surface area contributed by atoms with Gasteiger partial charge in [0.15, 0.2) is 0 Å². The number of aryl methyl sites for hydroxylation is 2. The first-order valence-corrected chi connectivity index (χ1v) is 10.3. The van der Waals surface area contributed by atoms with Gasteiger partial charge in [-0.1, -0.05) is 31.2 Å². The Kier molecular flexibility index (Phi) is 4.08. The minimum Gasteiger partial charge on any atom is -0.357 e. The van der Waals surface area contributed by atoms with E-state index >= 15 is 0 Å². The number of nitrogens with zero attached hydrogens (tertiary/aromatic N) is 2. The van der Waals surface area contributed by atoms with E-state index in [1.165, 1.54) is 58.4 Å². The van der Waals surface area contributed by atoms with E-state index in [4.69, 9.17) is 4.98 Å². The van der Waals surface area contributed by atoms with E-state index in [1.54, 1.807) is 0 Å². The molecule has 0 amide bonds. The van der Waals surface area contributed by atoms with Gasteiger partial charge in [0, 0.05) is 16.8 Å². The molecule has 0 atom stereocenters. The van der Waals surface area contributed by atoms with Crippen molar-refractivity contribution < 1.29 is 0 Å². The van der Waals surface area contributed by atoms with E-state index in [-0.39, 0.29) is 0 Å². The van der Waals surface area contributed by atoms with E-state index in [1.807, 2.05) is 0 Å². The molecule has 1 aliphatic rings. The highest BCUT2D eigenvalue weighted by Crippen LogP contribution is 2.36. The molecule has 0 fully saturated rings. The van der Waals surface area contributed by atoms with Gasteiger partial charge in [0.1, 0.15) is 5.69 Å². The first-order valence-electron chi connectivity index (χ1n) is 10.3. The van der Waals surface area contributed by atoms with Gasteiger partial charge in [0.2, 0.25) is 0 Å². The summed E-state index contributed by atoms with van der Waals surface area (Å²) in [4.78, 5) is 8.81. The molecular formula is C24H26N4. The molecule has 3 aromatic heterocycles. The number of fused-ring (bicyclic) bond motifs is 2. The van der Waals surface area contributed by atoms with E-state index in [0.29, 0.717) is 0 Å². The lowest BCUT2D eigenvalue weighted by atomic mass is 9.91. The summed E-state index contributed by atoms with van der Waals surface area (Å²) in [6, 6.07) is 10.7. The van der Waals surface area contributed by atoms with Gasteiger partial charge in [-0.15, -0.1) is 0 Å². The van der Waals surface area contributed by atoms with Crippen molar-refractivity contribution in [3.63, 3.8) is 0 Å². The van der Waals surface area contributed by atoms with Crippen LogP contribution in [0.2, 0.25) is 0 Å². The van der Waals surface area contributed by atoms with E-state index in [9.17, 15) is 0 Å². The molecule has 4 nitrogen and oxygen atoms in total. The predicted molar refractivity (Wildman–Crippen MR) is 115 cm³/mol. The van der Waals surface area contributed by atoms with Crippen LogP contribution in [0.5, 0.6) is 0 Å². The summed E-state index contributed by atoms with van der Waals surface area (Å²) in [5.41, 5.74) is 10.8. The third-order valence-corrected chi connectivity index (χ3v) is 6.22. The molecule has 0 saturated heterocycles. The first kappa shape index (κ1) is 17.2. The number of benzene rings is 1. The minimum absolute atomic E-state index is 0.944. The van der Waals surface area contributed by atoms with Crippen LogP contribution in [-0.4, -0.2) is 20.2 Å². The Balaban J connectivity index is 1.77. The fraction of sp³-hybridized carbons (Fsp3) is 0.333. The molecule has 1 aromatic carbocycles. The third-order valence-electron chi connectivity index (χ3n) is 6.22. The van der Waals surface area contributed by atoms with E-state index < -0.39 is 0 Å². The van der Waals surface area contributed by atoms with Gasteiger partial charge in [0.05, 0.1) is 17.1 Å². The maximum Gasteiger partial charge on any atom is 0.114 e. The number of hydrogen-bond acceptors (Lipinski definition) is 2. The highest BCUT2D eigenvalue weighted by molar-refractivity contribution is 5.96. The molecule has 3 heterocycles. The summed E-state index contributed by atoms with van der Waals surface area (Å²) in [5.74, 6) is 0. The molecule has 1 aliphatic carbocycles. The van der Waals surface area contributed by atoms with Crippen LogP contribution in [0.3, 0.4) is 0 Å². The van der Waals surface area contributed by atoms with Crippen LogP contribution in [0, 0.1) is 13.8 Å². The third kappa shape index (κ3) is 2.59. The average molecular weight is 371 g/mol. The topological polar surface area (TPSA) is 57.4 Å². The maximum absolute atomic E-state index is 5.16. The summed E-state index contributed by atoms with van der Waals surface area (Å²) < 4.78 is 0. The van der Waals surface area contributed by atoms with Crippen molar-refractivity contribution in [2.24, 2.45) is 0 Å². The minimum atomic E-state index is 0.944. The van der Waals surface area contributed by atoms with Gasteiger partial charge in [-0.05, 0) is 74.1 Å². The van der Waals surface area contributed by atoms with Crippen LogP contribution in [0.25, 0.3) is 33.5 Å². The van der Waals surface area contributed by atoms with Crippen molar-refractivity contribution >= 4 is 10.8 Å². The van der Waals surface area contributed by atoms with Crippen LogP contribution >= 0.6 is 0 Å². The molecule has 0 unspecified atom stereocenters. The van der Waals surface area contributed by atoms with Gasteiger partial charge >= 0.3 is 0 Å². The lowest BCUT2D eigenvalue weighted by Gasteiger charge is -2.14. The first-order chi connectivity index (χ1) is 13.7. The largest absolute Gasteiger partial charge is 0.357 e. The van der Waals surface area contributed by atoms with Crippen LogP contribution in [-0.2, 0) is 19.3 Å². The lowest BCUT2D eigenvalue weighted by Crippen LogP contribution is -2.02. The molecule has 5 rings (SSSR count). The predicted octanol–water partition coefficient (Wildman–Crippen LogP) is 5.68. The zero-order valence-electron chi connectivity index (χ0n) is 16.8. The Labute approximate surface area is 165 Å². The number of aromatic amines is 2. The van der Waals surface area contributed by atoms with Crippen molar-refractivity contribution in [2.45, 2.75) is 52.9 Å². The molecule has 0 aliphatic heterocycles. The van der Waals surface area contributed by atoms with Gasteiger partial charge < -0.3 is 4.98 Å². The molecule has 142 valence electrons. The average Bonchev–Trinajstić information content (AvgIpc) is 3.27. The number of pyridine rings is 1. The standard InChI is InChI=1S/C24H26N4/c1-4-20-14(2)22(28-27-20)24-18-11-6-5-9-16(18)13-21(26-24)23-19-12-8-7-10-17(19)15(3)25-23/h5-6,9,11,13,25H,4,7-8,10,12H2,1-3H3,(H,27,28). The van der Waals surface area contributed by atoms with Crippen LogP contribution in [0.1, 0.15) is 47.8 Å². The molecule has 0 bridgehead atoms. The molecule has 2 N–H and O–H groups in total. The van der Waals surface area contributed by atoms with Crippen molar-refractivity contribution in [3.8, 4) is 22.8 Å². The van der Waals surface area contributed by atoms with Crippen LogP contribution < -0.4 is 0 Å². The molecule has 0 radical (unpaired) electrons. The van der Waals surface area contributed by atoms with Gasteiger partial charge in [-0.25, -0.2) is 4.98 Å². The lowest BCUT2D eigenvalue weighted by molar-refractivity contribution is 0.688. The zero-order valence-corrected chi connectivity index (χ0v) is 16.8. The van der Waals surface area contributed by atoms with Gasteiger partial charge in [-0.3, -0.25) is 5.10 Å². The Morgan fingerprint density at radius 2 is 1.79 bits per heavy atom. The van der Waals surface area contributed by atoms with E-state index in [2.05, 4.69) is 66.3 Å². The Hall–Kier alpha value is -2.88. The van der Waals surface area contributed by atoms with Crippen molar-refractivity contribution in [3.05, 3.63) is 58.4 Å². The summed E-state index contributed by atoms with van der Waals surface area (Å²) in [6.07, 6.45) is 5.81. The molecule has 0 spiro atoms. The highest BCUT2D eigenvalue weighted by atomic mass is 15.1. The second kappa shape index (κ2) is 6.62. The van der Waals surface area contributed by atoms with Crippen molar-refractivity contribution in [1.82, 2.24) is 20.2 Å². The molecule has 4 heteroatoms. The second-order valence-electron chi connectivity index (χ2n) is 7.90. The maximum atomic E-state index is 5.16. The number of hydrogen-bond donors (Lipinski definition) is 2. The summed E-state index contributed by atoms with van der Waals surface area (Å²) in [6.45, 7) is 6.49. The second-order valence-corrected chi connectivity index (χ2v) is 7.90. The van der Waals surface area contributed by atoms with E-state index in [0.717, 1.165) is 35.3 Å². The quantitative estimate of drug-likeness (QED) is 0.487. The Bertz CT molecular complexity index is 1180. The zero-order chi connectivity index (χ0) is 19.3. The molecular weight excluding hydrogens is 344 g/mol. The molecule has 4 aromatic rings. The highest BCUT2D eigenvalue weighted by Gasteiger charge is 2.22. The Morgan fingerprint density at radius 3 is 2.57 bits per heavy atom. The Morgan fingerprint density at radius 1 is 1.00 bits per heavy atom. The molecule has 28 heavy (non-hydrogen) atoms. The summed E-state index contributed by atoms with van der Waals surface area (Å²) in [5, 5.41) is 10.2. The summed E-state index contributed by atoms with van der Waals surface area (Å²) >= 11 is 0. The fourth-order valence-electron chi connectivity index (χ4n) is 4.67.